The van der Waals surface area contributed by atoms with Gasteiger partial charge in [0, 0.05) is 11.4 Å². The molecule has 2 aliphatic heterocycles. The zero-order valence-electron chi connectivity index (χ0n) is 18.1. The van der Waals surface area contributed by atoms with Crippen molar-refractivity contribution < 1.29 is 35.9 Å². The van der Waals surface area contributed by atoms with Gasteiger partial charge in [0.05, 0.1) is 48.3 Å². The van der Waals surface area contributed by atoms with E-state index in [1.807, 2.05) is 0 Å². The van der Waals surface area contributed by atoms with E-state index in [9.17, 15) is 26.4 Å². The molecule has 3 rings (SSSR count). The van der Waals surface area contributed by atoms with E-state index in [0.29, 0.717) is 24.2 Å². The molecule has 0 aromatic heterocycles. The fourth-order valence-corrected chi connectivity index (χ4v) is 7.45. The van der Waals surface area contributed by atoms with E-state index in [-0.39, 0.29) is 36.2 Å². The number of rotatable bonds is 6. The van der Waals surface area contributed by atoms with Crippen LogP contribution in [0, 0.1) is 0 Å². The SMILES string of the molecule is CCOC(=O)N(c1ccc(N(C(=O)OCC)C2CCS(=O)(=O)C2)cc1)C1CCS(=O)(=O)C1. The summed E-state index contributed by atoms with van der Waals surface area (Å²) in [6.07, 6.45) is -0.687. The van der Waals surface area contributed by atoms with Crippen LogP contribution in [0.4, 0.5) is 21.0 Å². The third-order valence-electron chi connectivity index (χ3n) is 5.48. The first-order chi connectivity index (χ1) is 15.1. The third kappa shape index (κ3) is 5.52. The monoisotopic (exact) mass is 488 g/mol. The van der Waals surface area contributed by atoms with Crippen LogP contribution in [0.15, 0.2) is 24.3 Å². The number of benzene rings is 1. The lowest BCUT2D eigenvalue weighted by atomic mass is 10.1. The van der Waals surface area contributed by atoms with Crippen molar-refractivity contribution in [3.63, 3.8) is 0 Å². The summed E-state index contributed by atoms with van der Waals surface area (Å²) in [4.78, 5) is 27.8. The highest BCUT2D eigenvalue weighted by Gasteiger charge is 2.38. The van der Waals surface area contributed by atoms with E-state index in [1.54, 1.807) is 38.1 Å². The van der Waals surface area contributed by atoms with Gasteiger partial charge >= 0.3 is 12.2 Å². The highest BCUT2D eigenvalue weighted by atomic mass is 32.2. The van der Waals surface area contributed by atoms with Gasteiger partial charge in [-0.2, -0.15) is 0 Å². The fourth-order valence-electron chi connectivity index (χ4n) is 4.05. The molecule has 0 bridgehead atoms. The Kier molecular flexibility index (Phi) is 7.33. The lowest BCUT2D eigenvalue weighted by Crippen LogP contribution is -2.42. The van der Waals surface area contributed by atoms with Crippen molar-refractivity contribution in [2.24, 2.45) is 0 Å². The third-order valence-corrected chi connectivity index (χ3v) is 8.98. The second kappa shape index (κ2) is 9.65. The van der Waals surface area contributed by atoms with Gasteiger partial charge < -0.3 is 9.47 Å². The molecule has 178 valence electrons. The van der Waals surface area contributed by atoms with Crippen LogP contribution in [0.2, 0.25) is 0 Å². The fraction of sp³-hybridized carbons (Fsp3) is 0.600. The normalized spacial score (nSPS) is 23.4. The first-order valence-electron chi connectivity index (χ1n) is 10.5. The second-order valence-electron chi connectivity index (χ2n) is 7.77. The largest absolute Gasteiger partial charge is 0.449 e. The molecule has 0 spiro atoms. The molecule has 0 saturated carbocycles. The van der Waals surface area contributed by atoms with E-state index >= 15 is 0 Å². The van der Waals surface area contributed by atoms with Gasteiger partial charge in [-0.3, -0.25) is 9.80 Å². The van der Waals surface area contributed by atoms with Gasteiger partial charge in [-0.1, -0.05) is 0 Å². The van der Waals surface area contributed by atoms with Crippen LogP contribution in [0.5, 0.6) is 0 Å². The highest BCUT2D eigenvalue weighted by Crippen LogP contribution is 2.30. The zero-order valence-corrected chi connectivity index (χ0v) is 19.7. The minimum atomic E-state index is -3.23. The van der Waals surface area contributed by atoms with E-state index in [4.69, 9.17) is 9.47 Å². The average molecular weight is 489 g/mol. The summed E-state index contributed by atoms with van der Waals surface area (Å²) >= 11 is 0. The van der Waals surface area contributed by atoms with Crippen LogP contribution in [-0.2, 0) is 29.1 Å². The summed E-state index contributed by atoms with van der Waals surface area (Å²) in [5, 5.41) is 0. The first kappa shape index (κ1) is 24.3. The van der Waals surface area contributed by atoms with E-state index in [1.165, 1.54) is 9.80 Å². The molecule has 0 N–H and O–H groups in total. The molecule has 2 saturated heterocycles. The topological polar surface area (TPSA) is 127 Å². The summed E-state index contributed by atoms with van der Waals surface area (Å²) in [6.45, 7) is 3.61. The number of amides is 2. The van der Waals surface area contributed by atoms with Crippen LogP contribution < -0.4 is 9.80 Å². The Bertz CT molecular complexity index is 969. The molecule has 2 fully saturated rings. The number of hydrogen-bond acceptors (Lipinski definition) is 8. The molecule has 1 aromatic carbocycles. The average Bonchev–Trinajstić information content (AvgIpc) is 3.25. The summed E-state index contributed by atoms with van der Waals surface area (Å²) in [5.74, 6) is -0.304. The maximum absolute atomic E-state index is 12.6. The molecule has 2 unspecified atom stereocenters. The van der Waals surface area contributed by atoms with E-state index < -0.39 is 43.9 Å². The quantitative estimate of drug-likeness (QED) is 0.595. The van der Waals surface area contributed by atoms with Crippen molar-refractivity contribution in [3.8, 4) is 0 Å². The second-order valence-corrected chi connectivity index (χ2v) is 12.2. The minimum Gasteiger partial charge on any atom is -0.449 e. The van der Waals surface area contributed by atoms with Crippen molar-refractivity contribution in [1.82, 2.24) is 0 Å². The van der Waals surface area contributed by atoms with Gasteiger partial charge in [0.25, 0.3) is 0 Å². The molecule has 2 heterocycles. The number of hydrogen-bond donors (Lipinski definition) is 0. The summed E-state index contributed by atoms with van der Waals surface area (Å²) in [6, 6.07) is 5.26. The molecule has 32 heavy (non-hydrogen) atoms. The van der Waals surface area contributed by atoms with Crippen LogP contribution in [0.1, 0.15) is 26.7 Å². The standard InChI is InChI=1S/C20H28N2O8S2/c1-3-29-19(23)21(17-9-11-31(25,26)13-17)15-5-7-16(8-6-15)22(20(24)30-4-2)18-10-12-32(27,28)14-18/h5-8,17-18H,3-4,9-14H2,1-2H3. The zero-order chi connectivity index (χ0) is 23.5. The first-order valence-corrected chi connectivity index (χ1v) is 14.1. The molecule has 0 radical (unpaired) electrons. The molecule has 0 aliphatic carbocycles. The molecule has 10 nitrogen and oxygen atoms in total. The summed E-state index contributed by atoms with van der Waals surface area (Å²) in [7, 11) is -6.47. The predicted octanol–water partition coefficient (Wildman–Crippen LogP) is 1.99. The Balaban J connectivity index is 1.91. The minimum absolute atomic E-state index is 0.00154. The van der Waals surface area contributed by atoms with Gasteiger partial charge in [-0.05, 0) is 51.0 Å². The number of ether oxygens (including phenoxy) is 2. The Morgan fingerprint density at radius 2 is 1.12 bits per heavy atom. The maximum atomic E-state index is 12.6. The van der Waals surface area contributed by atoms with Gasteiger partial charge in [0.15, 0.2) is 19.7 Å². The summed E-state index contributed by atoms with van der Waals surface area (Å²) in [5.41, 5.74) is 0.856. The van der Waals surface area contributed by atoms with Crippen LogP contribution in [-0.4, -0.2) is 77.3 Å². The van der Waals surface area contributed by atoms with Crippen molar-refractivity contribution in [2.75, 3.05) is 46.0 Å². The van der Waals surface area contributed by atoms with Crippen LogP contribution in [0.25, 0.3) is 0 Å². The molecule has 2 aliphatic rings. The van der Waals surface area contributed by atoms with Gasteiger partial charge in [-0.25, -0.2) is 26.4 Å². The number of carbonyl (C=O) groups is 2. The van der Waals surface area contributed by atoms with E-state index in [0.717, 1.165) is 0 Å². The Labute approximate surface area is 188 Å². The number of nitrogens with zero attached hydrogens (tertiary/aromatic N) is 2. The lowest BCUT2D eigenvalue weighted by molar-refractivity contribution is 0.156. The Morgan fingerprint density at radius 1 is 0.781 bits per heavy atom. The molecule has 12 heteroatoms. The lowest BCUT2D eigenvalue weighted by Gasteiger charge is -2.30. The number of carbonyl (C=O) groups excluding carboxylic acids is 2. The van der Waals surface area contributed by atoms with Gasteiger partial charge in [0.1, 0.15) is 0 Å². The summed E-state index contributed by atoms with van der Waals surface area (Å²) < 4.78 is 58.1. The molecule has 1 aromatic rings. The predicted molar refractivity (Wildman–Crippen MR) is 120 cm³/mol. The smallest absolute Gasteiger partial charge is 0.414 e. The maximum Gasteiger partial charge on any atom is 0.414 e. The van der Waals surface area contributed by atoms with Crippen LogP contribution in [0.3, 0.4) is 0 Å². The van der Waals surface area contributed by atoms with Gasteiger partial charge in [-0.15, -0.1) is 0 Å². The number of anilines is 2. The molecular weight excluding hydrogens is 460 g/mol. The molecule has 2 atom stereocenters. The number of sulfone groups is 2. The molecular formula is C20H28N2O8S2. The van der Waals surface area contributed by atoms with E-state index in [2.05, 4.69) is 0 Å². The van der Waals surface area contributed by atoms with Gasteiger partial charge in [0.2, 0.25) is 0 Å². The van der Waals surface area contributed by atoms with Crippen molar-refractivity contribution in [1.29, 1.82) is 0 Å². The van der Waals surface area contributed by atoms with Crippen LogP contribution >= 0.6 is 0 Å². The van der Waals surface area contributed by atoms with Crippen molar-refractivity contribution >= 4 is 43.2 Å². The van der Waals surface area contributed by atoms with Crippen molar-refractivity contribution in [2.45, 2.75) is 38.8 Å². The molecule has 2 amide bonds. The highest BCUT2D eigenvalue weighted by molar-refractivity contribution is 7.92. The Hall–Kier alpha value is -2.34. The van der Waals surface area contributed by atoms with Crippen molar-refractivity contribution in [3.05, 3.63) is 24.3 Å². The Morgan fingerprint density at radius 3 is 1.38 bits per heavy atom.